The third-order valence-electron chi connectivity index (χ3n) is 7.73. The first-order valence-corrected chi connectivity index (χ1v) is 19.0. The number of anilines is 3. The minimum Gasteiger partial charge on any atom is -0.494 e. The first-order valence-electron chi connectivity index (χ1n) is 16.1. The van der Waals surface area contributed by atoms with Crippen molar-refractivity contribution in [3.8, 4) is 5.75 Å². The van der Waals surface area contributed by atoms with E-state index in [9.17, 15) is 35.5 Å². The topological polar surface area (TPSA) is 276 Å². The summed E-state index contributed by atoms with van der Waals surface area (Å²) >= 11 is 0. The summed E-state index contributed by atoms with van der Waals surface area (Å²) in [7, 11) is -7.91. The molecule has 0 saturated carbocycles. The Bertz CT molecular complexity index is 2650. The first kappa shape index (κ1) is 40.4. The number of nitrogens with zero attached hydrogens (tertiary/aromatic N) is 6. The number of nitrogens with two attached hydrogens (primary N) is 1. The zero-order valence-corrected chi connectivity index (χ0v) is 31.6. The van der Waals surface area contributed by atoms with Crippen LogP contribution < -0.4 is 21.1 Å². The van der Waals surface area contributed by atoms with Crippen LogP contribution in [0, 0.1) is 13.8 Å². The molecule has 0 spiro atoms. The summed E-state index contributed by atoms with van der Waals surface area (Å²) in [5.41, 5.74) is 9.13. The van der Waals surface area contributed by atoms with Gasteiger partial charge in [-0.3, -0.25) is 18.7 Å². The van der Waals surface area contributed by atoms with Gasteiger partial charge in [0.25, 0.3) is 26.1 Å². The summed E-state index contributed by atoms with van der Waals surface area (Å²) in [5, 5.41) is 30.1. The molecule has 5 aromatic rings. The van der Waals surface area contributed by atoms with Crippen molar-refractivity contribution >= 4 is 83.2 Å². The molecule has 5 rings (SSSR count). The van der Waals surface area contributed by atoms with Gasteiger partial charge >= 0.3 is 0 Å². The van der Waals surface area contributed by atoms with E-state index in [1.807, 2.05) is 0 Å². The van der Waals surface area contributed by atoms with E-state index in [4.69, 9.17) is 10.5 Å². The summed E-state index contributed by atoms with van der Waals surface area (Å²) in [4.78, 5) is 23.7. The Morgan fingerprint density at radius 3 is 1.82 bits per heavy atom. The molecule has 0 aliphatic rings. The third kappa shape index (κ3) is 10.3. The van der Waals surface area contributed by atoms with Gasteiger partial charge in [0, 0.05) is 24.2 Å². The Hall–Kier alpha value is -6.74. The highest BCUT2D eigenvalue weighted by atomic mass is 32.2. The van der Waals surface area contributed by atoms with E-state index in [1.165, 1.54) is 26.2 Å². The average molecular weight is 800 g/mol. The normalized spacial score (nSPS) is 12.0. The zero-order chi connectivity index (χ0) is 40.8. The number of rotatable bonds is 12. The predicted molar refractivity (Wildman–Crippen MR) is 207 cm³/mol. The van der Waals surface area contributed by atoms with Gasteiger partial charge in [0.05, 0.1) is 46.1 Å². The Morgan fingerprint density at radius 1 is 0.625 bits per heavy atom. The molecule has 0 bridgehead atoms. The number of ether oxygens (including phenoxy) is 1. The minimum atomic E-state index is -4.92. The van der Waals surface area contributed by atoms with Crippen LogP contribution in [0.25, 0.3) is 0 Å². The van der Waals surface area contributed by atoms with Crippen LogP contribution in [0.15, 0.2) is 131 Å². The molecule has 2 amide bonds. The van der Waals surface area contributed by atoms with Gasteiger partial charge in [0.15, 0.2) is 0 Å². The van der Waals surface area contributed by atoms with E-state index >= 15 is 0 Å². The van der Waals surface area contributed by atoms with Crippen LogP contribution in [0.4, 0.5) is 51.2 Å². The maximum Gasteiger partial charge on any atom is 0.296 e. The Kier molecular flexibility index (Phi) is 12.1. The highest BCUT2D eigenvalue weighted by molar-refractivity contribution is 7.86. The molecule has 56 heavy (non-hydrogen) atoms. The fourth-order valence-electron chi connectivity index (χ4n) is 4.93. The summed E-state index contributed by atoms with van der Waals surface area (Å²) in [5.74, 6) is -0.541. The number of amides is 2. The first-order chi connectivity index (χ1) is 26.4. The van der Waals surface area contributed by atoms with Crippen molar-refractivity contribution in [2.24, 2.45) is 30.7 Å². The molecule has 0 aromatic heterocycles. The van der Waals surface area contributed by atoms with Crippen molar-refractivity contribution in [3.05, 3.63) is 108 Å². The largest absolute Gasteiger partial charge is 0.494 e. The molecular formula is C36H33N9O9S2. The summed E-state index contributed by atoms with van der Waals surface area (Å²) in [6, 6.07) is 21.3. The van der Waals surface area contributed by atoms with Crippen molar-refractivity contribution in [2.75, 3.05) is 23.5 Å². The van der Waals surface area contributed by atoms with E-state index in [0.717, 1.165) is 24.3 Å². The Labute approximate surface area is 320 Å². The SMILES string of the molecule is COc1cc(N=Nc2ccc(N=Nc3cc(NC(C)=O)c(N=Nc4ccc(S(=O)(=O)O)cc4)cc3S(=O)(=O)O)c(C)c2)c(C)cc1NC(=O)c1ccc(N)cc1. The molecule has 0 atom stereocenters. The van der Waals surface area contributed by atoms with Gasteiger partial charge in [-0.1, -0.05) is 0 Å². The monoisotopic (exact) mass is 799 g/mol. The average Bonchev–Trinajstić information content (AvgIpc) is 3.13. The summed E-state index contributed by atoms with van der Waals surface area (Å²) in [6.45, 7) is 4.70. The minimum absolute atomic E-state index is 0.0335. The molecule has 0 saturated heterocycles. The quantitative estimate of drug-likeness (QED) is 0.0454. The molecule has 0 heterocycles. The number of nitrogen functional groups attached to an aromatic ring is 1. The zero-order valence-electron chi connectivity index (χ0n) is 30.0. The molecule has 288 valence electrons. The second-order valence-electron chi connectivity index (χ2n) is 11.9. The number of hydrogen-bond acceptors (Lipinski definition) is 14. The molecule has 0 radical (unpaired) electrons. The van der Waals surface area contributed by atoms with Crippen LogP contribution in [0.3, 0.4) is 0 Å². The van der Waals surface area contributed by atoms with E-state index < -0.39 is 31.0 Å². The van der Waals surface area contributed by atoms with Gasteiger partial charge in [0.1, 0.15) is 22.0 Å². The van der Waals surface area contributed by atoms with E-state index in [-0.39, 0.29) is 33.6 Å². The van der Waals surface area contributed by atoms with E-state index in [2.05, 4.69) is 41.3 Å². The van der Waals surface area contributed by atoms with Crippen LogP contribution in [0.2, 0.25) is 0 Å². The molecule has 6 N–H and O–H groups in total. The fraction of sp³-hybridized carbons (Fsp3) is 0.111. The van der Waals surface area contributed by atoms with E-state index in [0.29, 0.717) is 50.9 Å². The highest BCUT2D eigenvalue weighted by Gasteiger charge is 2.21. The van der Waals surface area contributed by atoms with Gasteiger partial charge < -0.3 is 21.1 Å². The lowest BCUT2D eigenvalue weighted by Gasteiger charge is -2.13. The number of hydrogen-bond donors (Lipinski definition) is 5. The lowest BCUT2D eigenvalue weighted by atomic mass is 10.1. The number of azo groups is 3. The Balaban J connectivity index is 1.39. The molecule has 0 fully saturated rings. The maximum absolute atomic E-state index is 12.8. The highest BCUT2D eigenvalue weighted by Crippen LogP contribution is 2.39. The van der Waals surface area contributed by atoms with Crippen molar-refractivity contribution in [2.45, 2.75) is 30.6 Å². The number of nitrogens with one attached hydrogen (secondary N) is 2. The van der Waals surface area contributed by atoms with E-state index in [1.54, 1.807) is 68.4 Å². The van der Waals surface area contributed by atoms with Crippen LogP contribution in [0.5, 0.6) is 5.75 Å². The maximum atomic E-state index is 12.8. The lowest BCUT2D eigenvalue weighted by Crippen LogP contribution is -2.12. The molecule has 0 aliphatic heterocycles. The number of aryl methyl sites for hydroxylation is 2. The number of carbonyl (C=O) groups is 2. The standard InChI is InChI=1S/C36H33N9O9S2/c1-20-15-26(41-43-29-18-34(54-4)32(16-21(29)2)39-36(47)23-5-7-24(37)8-6-23)11-14-28(20)42-45-33-17-30(38-22(3)46)31(19-35(33)56(51,52)53)44-40-25-9-12-27(13-10-25)55(48,49)50/h5-19H,37H2,1-4H3,(H,38,46)(H,39,47)(H,48,49,50)(H,51,52,53). The van der Waals surface area contributed by atoms with Gasteiger partial charge in [-0.15, -0.1) is 10.2 Å². The Morgan fingerprint density at radius 2 is 1.21 bits per heavy atom. The lowest BCUT2D eigenvalue weighted by molar-refractivity contribution is -0.114. The van der Waals surface area contributed by atoms with Crippen molar-refractivity contribution in [1.82, 2.24) is 0 Å². The van der Waals surface area contributed by atoms with Crippen LogP contribution in [-0.2, 0) is 25.0 Å². The van der Waals surface area contributed by atoms with Crippen LogP contribution in [-0.4, -0.2) is 44.9 Å². The molecule has 0 aliphatic carbocycles. The van der Waals surface area contributed by atoms with Gasteiger partial charge in [-0.25, -0.2) is 0 Å². The fourth-order valence-corrected chi connectivity index (χ4v) is 6.03. The molecule has 18 nitrogen and oxygen atoms in total. The summed E-state index contributed by atoms with van der Waals surface area (Å²) in [6.07, 6.45) is 0. The summed E-state index contributed by atoms with van der Waals surface area (Å²) < 4.78 is 72.2. The predicted octanol–water partition coefficient (Wildman–Crippen LogP) is 8.84. The molecule has 5 aromatic carbocycles. The van der Waals surface area contributed by atoms with Crippen LogP contribution >= 0.6 is 0 Å². The second kappa shape index (κ2) is 16.7. The number of carbonyl (C=O) groups excluding carboxylic acids is 2. The number of benzene rings is 5. The van der Waals surface area contributed by atoms with Crippen LogP contribution in [0.1, 0.15) is 28.4 Å². The number of methoxy groups -OCH3 is 1. The van der Waals surface area contributed by atoms with Gasteiger partial charge in [-0.2, -0.15) is 37.3 Å². The van der Waals surface area contributed by atoms with Crippen molar-refractivity contribution < 1.29 is 40.3 Å². The molecule has 0 unspecified atom stereocenters. The van der Waals surface area contributed by atoms with Gasteiger partial charge in [-0.05, 0) is 110 Å². The second-order valence-corrected chi connectivity index (χ2v) is 14.8. The van der Waals surface area contributed by atoms with Gasteiger partial charge in [0.2, 0.25) is 5.91 Å². The molecule has 20 heteroatoms. The van der Waals surface area contributed by atoms with Crippen molar-refractivity contribution in [1.29, 1.82) is 0 Å². The molecular weight excluding hydrogens is 767 g/mol. The van der Waals surface area contributed by atoms with Crippen molar-refractivity contribution in [3.63, 3.8) is 0 Å². The third-order valence-corrected chi connectivity index (χ3v) is 9.48. The smallest absolute Gasteiger partial charge is 0.296 e.